The average Bonchev–Trinajstić information content (AvgIpc) is 2.40. The molecule has 1 unspecified atom stereocenters. The third kappa shape index (κ3) is 6.96. The minimum Gasteiger partial charge on any atom is -0.352 e. The van der Waals surface area contributed by atoms with Crippen LogP contribution in [0.2, 0.25) is 0 Å². The Labute approximate surface area is 127 Å². The Kier molecular flexibility index (Phi) is 11.4. The smallest absolute Gasteiger partial charge is 0.312 e. The number of primary amides is 1. The van der Waals surface area contributed by atoms with Crippen LogP contribution in [0.15, 0.2) is 0 Å². The second kappa shape index (κ2) is 10.7. The van der Waals surface area contributed by atoms with E-state index in [-0.39, 0.29) is 18.3 Å². The van der Waals surface area contributed by atoms with Crippen molar-refractivity contribution in [3.8, 4) is 0 Å². The molecule has 3 amide bonds. The molecule has 6 N–H and O–H groups in total. The van der Waals surface area contributed by atoms with Gasteiger partial charge in [-0.25, -0.2) is 4.79 Å². The van der Waals surface area contributed by atoms with E-state index in [0.717, 1.165) is 25.7 Å². The monoisotopic (exact) mass is 308 g/mol. The molecular formula is C13H29ClN4O2. The van der Waals surface area contributed by atoms with E-state index in [1.165, 1.54) is 0 Å². The molecule has 0 bridgehead atoms. The molecule has 0 aliphatic rings. The van der Waals surface area contributed by atoms with Gasteiger partial charge in [0.05, 0.1) is 5.54 Å². The average molecular weight is 309 g/mol. The van der Waals surface area contributed by atoms with Crippen LogP contribution in [0, 0.1) is 0 Å². The molecule has 20 heavy (non-hydrogen) atoms. The minimum absolute atomic E-state index is 0. The number of unbranched alkanes of at least 4 members (excludes halogenated alkanes) is 1. The molecule has 6 nitrogen and oxygen atoms in total. The maximum Gasteiger partial charge on any atom is 0.312 e. The summed E-state index contributed by atoms with van der Waals surface area (Å²) in [6.07, 6.45) is 3.89. The highest BCUT2D eigenvalue weighted by Gasteiger charge is 2.29. The molecule has 0 aromatic carbocycles. The van der Waals surface area contributed by atoms with E-state index in [1.54, 1.807) is 0 Å². The van der Waals surface area contributed by atoms with Crippen LogP contribution in [-0.4, -0.2) is 30.1 Å². The first-order valence-electron chi connectivity index (χ1n) is 7.02. The number of hydrogen-bond acceptors (Lipinski definition) is 3. The third-order valence-electron chi connectivity index (χ3n) is 3.61. The van der Waals surface area contributed by atoms with Gasteiger partial charge in [-0.2, -0.15) is 0 Å². The molecule has 0 fully saturated rings. The molecule has 0 aliphatic heterocycles. The highest BCUT2D eigenvalue weighted by molar-refractivity contribution is 5.87. The van der Waals surface area contributed by atoms with Gasteiger partial charge in [0.15, 0.2) is 0 Å². The lowest BCUT2D eigenvalue weighted by atomic mass is 9.92. The van der Waals surface area contributed by atoms with Gasteiger partial charge < -0.3 is 22.1 Å². The molecule has 0 saturated carbocycles. The lowest BCUT2D eigenvalue weighted by molar-refractivity contribution is -0.125. The van der Waals surface area contributed by atoms with E-state index in [1.807, 2.05) is 20.8 Å². The van der Waals surface area contributed by atoms with Crippen molar-refractivity contribution in [3.05, 3.63) is 0 Å². The molecule has 7 heteroatoms. The molecule has 0 heterocycles. The molecular weight excluding hydrogens is 280 g/mol. The van der Waals surface area contributed by atoms with Crippen LogP contribution < -0.4 is 22.1 Å². The standard InChI is InChI=1S/C13H28N4O2.ClH/c1-4-7-8-10(16-12(15)19)11(18)17-13(5-2,6-3)9-14;/h10H,4-9,14H2,1-3H3,(H,17,18)(H3,15,16,19);1H. The molecule has 1 atom stereocenters. The number of nitrogens with one attached hydrogen (secondary N) is 2. The maximum absolute atomic E-state index is 12.2. The van der Waals surface area contributed by atoms with Gasteiger partial charge in [0.2, 0.25) is 5.91 Å². The van der Waals surface area contributed by atoms with Crippen LogP contribution in [0.3, 0.4) is 0 Å². The molecule has 120 valence electrons. The fraction of sp³-hybridized carbons (Fsp3) is 0.846. The number of halogens is 1. The van der Waals surface area contributed by atoms with Gasteiger partial charge in [-0.15, -0.1) is 12.4 Å². The Morgan fingerprint density at radius 3 is 2.10 bits per heavy atom. The largest absolute Gasteiger partial charge is 0.352 e. The van der Waals surface area contributed by atoms with Crippen molar-refractivity contribution in [3.63, 3.8) is 0 Å². The van der Waals surface area contributed by atoms with Crippen LogP contribution in [-0.2, 0) is 4.79 Å². The number of urea groups is 1. The summed E-state index contributed by atoms with van der Waals surface area (Å²) in [5, 5.41) is 5.46. The zero-order valence-corrected chi connectivity index (χ0v) is 13.5. The van der Waals surface area contributed by atoms with Crippen LogP contribution >= 0.6 is 12.4 Å². The first-order chi connectivity index (χ1) is 8.94. The Bertz CT molecular complexity index is 288. The van der Waals surface area contributed by atoms with E-state index < -0.39 is 17.6 Å². The van der Waals surface area contributed by atoms with Crippen molar-refractivity contribution in [1.82, 2.24) is 10.6 Å². The Morgan fingerprint density at radius 2 is 1.75 bits per heavy atom. The Morgan fingerprint density at radius 1 is 1.20 bits per heavy atom. The van der Waals surface area contributed by atoms with Gasteiger partial charge in [-0.05, 0) is 19.3 Å². The summed E-state index contributed by atoms with van der Waals surface area (Å²) < 4.78 is 0. The summed E-state index contributed by atoms with van der Waals surface area (Å²) >= 11 is 0. The summed E-state index contributed by atoms with van der Waals surface area (Å²) in [6, 6.07) is -1.26. The zero-order chi connectivity index (χ0) is 14.9. The summed E-state index contributed by atoms with van der Waals surface area (Å²) in [7, 11) is 0. The zero-order valence-electron chi connectivity index (χ0n) is 12.7. The minimum atomic E-state index is -0.678. The lowest BCUT2D eigenvalue weighted by Gasteiger charge is -2.33. The number of amides is 3. The number of nitrogens with two attached hydrogens (primary N) is 2. The SMILES string of the molecule is CCCCC(NC(N)=O)C(=O)NC(CC)(CC)CN.Cl. The molecule has 0 saturated heterocycles. The third-order valence-corrected chi connectivity index (χ3v) is 3.61. The van der Waals surface area contributed by atoms with Gasteiger partial charge in [0, 0.05) is 6.54 Å². The lowest BCUT2D eigenvalue weighted by Crippen LogP contribution is -2.58. The quantitative estimate of drug-likeness (QED) is 0.514. The topological polar surface area (TPSA) is 110 Å². The van der Waals surface area contributed by atoms with Gasteiger partial charge >= 0.3 is 6.03 Å². The van der Waals surface area contributed by atoms with Crippen molar-refractivity contribution in [1.29, 1.82) is 0 Å². The summed E-state index contributed by atoms with van der Waals surface area (Å²) in [5.74, 6) is -0.207. The van der Waals surface area contributed by atoms with E-state index in [9.17, 15) is 9.59 Å². The van der Waals surface area contributed by atoms with E-state index in [2.05, 4.69) is 10.6 Å². The van der Waals surface area contributed by atoms with Gasteiger partial charge in [-0.1, -0.05) is 33.6 Å². The van der Waals surface area contributed by atoms with Crippen molar-refractivity contribution in [2.24, 2.45) is 11.5 Å². The highest BCUT2D eigenvalue weighted by Crippen LogP contribution is 2.14. The molecule has 0 aromatic heterocycles. The summed E-state index contributed by atoms with van der Waals surface area (Å²) in [6.45, 7) is 6.38. The molecule has 0 rings (SSSR count). The Balaban J connectivity index is 0. The van der Waals surface area contributed by atoms with E-state index in [4.69, 9.17) is 11.5 Å². The summed E-state index contributed by atoms with van der Waals surface area (Å²) in [5.41, 5.74) is 10.5. The molecule has 0 spiro atoms. The number of rotatable bonds is 9. The fourth-order valence-electron chi connectivity index (χ4n) is 1.96. The van der Waals surface area contributed by atoms with Crippen molar-refractivity contribution in [2.45, 2.75) is 64.5 Å². The van der Waals surface area contributed by atoms with Gasteiger partial charge in [-0.3, -0.25) is 4.79 Å². The van der Waals surface area contributed by atoms with Crippen LogP contribution in [0.4, 0.5) is 4.79 Å². The van der Waals surface area contributed by atoms with E-state index in [0.29, 0.717) is 13.0 Å². The predicted octanol–water partition coefficient (Wildman–Crippen LogP) is 1.27. The number of hydrogen-bond donors (Lipinski definition) is 4. The van der Waals surface area contributed by atoms with Crippen LogP contribution in [0.25, 0.3) is 0 Å². The molecule has 0 radical (unpaired) electrons. The first-order valence-corrected chi connectivity index (χ1v) is 7.02. The van der Waals surface area contributed by atoms with Crippen molar-refractivity contribution >= 4 is 24.3 Å². The maximum atomic E-state index is 12.2. The van der Waals surface area contributed by atoms with Gasteiger partial charge in [0.1, 0.15) is 6.04 Å². The first kappa shape index (κ1) is 21.3. The normalized spacial score (nSPS) is 12.2. The van der Waals surface area contributed by atoms with Crippen molar-refractivity contribution < 1.29 is 9.59 Å². The van der Waals surface area contributed by atoms with Gasteiger partial charge in [0.25, 0.3) is 0 Å². The van der Waals surface area contributed by atoms with Crippen molar-refractivity contribution in [2.75, 3.05) is 6.54 Å². The molecule has 0 aliphatic carbocycles. The second-order valence-electron chi connectivity index (χ2n) is 4.88. The summed E-state index contributed by atoms with van der Waals surface area (Å²) in [4.78, 5) is 23.2. The highest BCUT2D eigenvalue weighted by atomic mass is 35.5. The number of carbonyl (C=O) groups excluding carboxylic acids is 2. The number of carbonyl (C=O) groups is 2. The second-order valence-corrected chi connectivity index (χ2v) is 4.88. The molecule has 0 aromatic rings. The van der Waals surface area contributed by atoms with E-state index >= 15 is 0 Å². The fourth-order valence-corrected chi connectivity index (χ4v) is 1.96. The Hall–Kier alpha value is -1.01. The van der Waals surface area contributed by atoms with Crippen LogP contribution in [0.1, 0.15) is 52.9 Å². The predicted molar refractivity (Wildman–Crippen MR) is 83.8 cm³/mol. The van der Waals surface area contributed by atoms with Crippen LogP contribution in [0.5, 0.6) is 0 Å².